The number of nitrogens with zero attached hydrogens (tertiary/aromatic N) is 3. The van der Waals surface area contributed by atoms with Crippen LogP contribution in [0.25, 0.3) is 21.8 Å². The molecule has 1 saturated carbocycles. The maximum atomic E-state index is 10.8. The van der Waals surface area contributed by atoms with Crippen LogP contribution in [0.4, 0.5) is 5.82 Å². The van der Waals surface area contributed by atoms with Crippen LogP contribution in [0.1, 0.15) is 24.4 Å². The molecule has 0 unspecified atom stereocenters. The van der Waals surface area contributed by atoms with E-state index in [1.165, 1.54) is 22.7 Å². The number of aliphatic hydroxyl groups is 2. The molecule has 0 saturated heterocycles. The number of benzene rings is 2. The molecular weight excluding hydrogens is 452 g/mol. The Balaban J connectivity index is 1.03. The van der Waals surface area contributed by atoms with Gasteiger partial charge in [-0.1, -0.05) is 42.5 Å². The number of aromatic nitrogens is 3. The van der Waals surface area contributed by atoms with Gasteiger partial charge in [-0.3, -0.25) is 0 Å². The van der Waals surface area contributed by atoms with Crippen molar-refractivity contribution in [3.8, 4) is 0 Å². The van der Waals surface area contributed by atoms with Crippen molar-refractivity contribution in [1.82, 2.24) is 25.2 Å². The van der Waals surface area contributed by atoms with Crippen molar-refractivity contribution in [3.63, 3.8) is 0 Å². The zero-order valence-electron chi connectivity index (χ0n) is 20.8. The van der Waals surface area contributed by atoms with Crippen LogP contribution < -0.4 is 16.0 Å². The summed E-state index contributed by atoms with van der Waals surface area (Å²) in [4.78, 5) is 8.67. The van der Waals surface area contributed by atoms with E-state index in [1.54, 1.807) is 0 Å². The van der Waals surface area contributed by atoms with E-state index in [9.17, 15) is 10.2 Å². The first-order chi connectivity index (χ1) is 17.7. The Labute approximate surface area is 211 Å². The van der Waals surface area contributed by atoms with Crippen LogP contribution in [0.15, 0.2) is 61.1 Å². The van der Waals surface area contributed by atoms with Crippen molar-refractivity contribution in [2.24, 2.45) is 5.92 Å². The zero-order chi connectivity index (χ0) is 24.9. The molecule has 0 aliphatic heterocycles. The van der Waals surface area contributed by atoms with Gasteiger partial charge in [0, 0.05) is 25.7 Å². The molecule has 1 aliphatic carbocycles. The highest BCUT2D eigenvalue weighted by molar-refractivity contribution is 5.87. The Hall–Kier alpha value is -3.04. The van der Waals surface area contributed by atoms with Crippen molar-refractivity contribution < 1.29 is 10.2 Å². The summed E-state index contributed by atoms with van der Waals surface area (Å²) in [5, 5.41) is 35.0. The van der Waals surface area contributed by atoms with Crippen LogP contribution in [-0.2, 0) is 6.42 Å². The molecule has 4 atom stereocenters. The molecule has 0 radical (unpaired) electrons. The molecule has 2 aromatic heterocycles. The highest BCUT2D eigenvalue weighted by atomic mass is 16.3. The lowest BCUT2D eigenvalue weighted by Crippen LogP contribution is -2.34. The molecule has 5 rings (SSSR count). The smallest absolute Gasteiger partial charge is 0.145 e. The summed E-state index contributed by atoms with van der Waals surface area (Å²) >= 11 is 0. The summed E-state index contributed by atoms with van der Waals surface area (Å²) < 4.78 is 1.98. The highest BCUT2D eigenvalue weighted by Gasteiger charge is 2.42. The third kappa shape index (κ3) is 5.22. The summed E-state index contributed by atoms with van der Waals surface area (Å²) in [5.41, 5.74) is 2.13. The third-order valence-corrected chi connectivity index (χ3v) is 7.39. The molecule has 5 N–H and O–H groups in total. The van der Waals surface area contributed by atoms with Gasteiger partial charge in [0.25, 0.3) is 0 Å². The van der Waals surface area contributed by atoms with Gasteiger partial charge in [-0.25, -0.2) is 9.97 Å². The van der Waals surface area contributed by atoms with E-state index in [0.29, 0.717) is 13.0 Å². The van der Waals surface area contributed by atoms with Crippen LogP contribution in [0, 0.1) is 5.92 Å². The van der Waals surface area contributed by atoms with Crippen LogP contribution in [-0.4, -0.2) is 70.2 Å². The Morgan fingerprint density at radius 3 is 2.64 bits per heavy atom. The lowest BCUT2D eigenvalue weighted by Gasteiger charge is -2.19. The minimum absolute atomic E-state index is 0.00563. The maximum absolute atomic E-state index is 10.8. The summed E-state index contributed by atoms with van der Waals surface area (Å²) in [6.07, 6.45) is 4.60. The standard InChI is InChI=1S/C28H36N6O2/c1-29-27-23-10-14-34(28(23)33-18-32-27)24-16-22(25(35)26(24)36)17-31-12-4-11-30-13-9-19-7-8-20-5-2-3-6-21(20)15-19/h2-3,5-8,10,14-15,18,22,24-26,30-31,35-36H,4,9,11-13,16-17H2,1H3,(H,29,32,33)/t22-,24-,25-,26+/m1/s1. The first-order valence-electron chi connectivity index (χ1n) is 12.9. The lowest BCUT2D eigenvalue weighted by atomic mass is 10.1. The Morgan fingerprint density at radius 1 is 0.944 bits per heavy atom. The van der Waals surface area contributed by atoms with Gasteiger partial charge in [0.05, 0.1) is 17.5 Å². The molecular formula is C28H36N6O2. The predicted molar refractivity (Wildman–Crippen MR) is 144 cm³/mol. The van der Waals surface area contributed by atoms with Gasteiger partial charge < -0.3 is 30.7 Å². The number of fused-ring (bicyclic) bond motifs is 2. The summed E-state index contributed by atoms with van der Waals surface area (Å²) in [7, 11) is 1.83. The Bertz CT molecular complexity index is 1290. The monoisotopic (exact) mass is 488 g/mol. The fraction of sp³-hybridized carbons (Fsp3) is 0.429. The second-order valence-corrected chi connectivity index (χ2v) is 9.72. The zero-order valence-corrected chi connectivity index (χ0v) is 20.8. The molecule has 0 bridgehead atoms. The van der Waals surface area contributed by atoms with Crippen molar-refractivity contribution >= 4 is 27.6 Å². The van der Waals surface area contributed by atoms with Gasteiger partial charge in [0.15, 0.2) is 0 Å². The Kier molecular flexibility index (Phi) is 7.77. The second-order valence-electron chi connectivity index (χ2n) is 9.72. The third-order valence-electron chi connectivity index (χ3n) is 7.39. The molecule has 1 fully saturated rings. The van der Waals surface area contributed by atoms with E-state index < -0.39 is 12.2 Å². The van der Waals surface area contributed by atoms with Crippen molar-refractivity contribution in [1.29, 1.82) is 0 Å². The minimum Gasteiger partial charge on any atom is -0.390 e. The van der Waals surface area contributed by atoms with Crippen LogP contribution in [0.5, 0.6) is 0 Å². The highest BCUT2D eigenvalue weighted by Crippen LogP contribution is 2.37. The predicted octanol–water partition coefficient (Wildman–Crippen LogP) is 2.72. The van der Waals surface area contributed by atoms with Gasteiger partial charge in [-0.05, 0) is 61.3 Å². The van der Waals surface area contributed by atoms with Gasteiger partial charge in [0.1, 0.15) is 23.9 Å². The van der Waals surface area contributed by atoms with Gasteiger partial charge in [-0.2, -0.15) is 0 Å². The summed E-state index contributed by atoms with van der Waals surface area (Å²) in [5.74, 6) is 0.754. The van der Waals surface area contributed by atoms with Gasteiger partial charge in [0.2, 0.25) is 0 Å². The van der Waals surface area contributed by atoms with E-state index in [4.69, 9.17) is 0 Å². The van der Waals surface area contributed by atoms with Crippen molar-refractivity contribution in [2.45, 2.75) is 37.5 Å². The molecule has 8 heteroatoms. The quantitative estimate of drug-likeness (QED) is 0.207. The van der Waals surface area contributed by atoms with Crippen LogP contribution in [0.2, 0.25) is 0 Å². The van der Waals surface area contributed by atoms with Gasteiger partial charge in [-0.15, -0.1) is 0 Å². The minimum atomic E-state index is -0.822. The molecule has 0 spiro atoms. The number of anilines is 1. The molecule has 2 aromatic carbocycles. The summed E-state index contributed by atoms with van der Waals surface area (Å²) in [6.45, 7) is 3.46. The molecule has 36 heavy (non-hydrogen) atoms. The van der Waals surface area contributed by atoms with Crippen LogP contribution >= 0.6 is 0 Å². The molecule has 190 valence electrons. The summed E-state index contributed by atoms with van der Waals surface area (Å²) in [6, 6.07) is 16.9. The fourth-order valence-corrected chi connectivity index (χ4v) is 5.39. The first-order valence-corrected chi connectivity index (χ1v) is 12.9. The second kappa shape index (κ2) is 11.3. The Morgan fingerprint density at radius 2 is 1.78 bits per heavy atom. The normalized spacial score (nSPS) is 22.0. The van der Waals surface area contributed by atoms with Gasteiger partial charge >= 0.3 is 0 Å². The first kappa shape index (κ1) is 24.6. The van der Waals surface area contributed by atoms with E-state index in [1.807, 2.05) is 23.9 Å². The number of aliphatic hydroxyl groups excluding tert-OH is 2. The number of hydrogen-bond acceptors (Lipinski definition) is 7. The number of rotatable bonds is 11. The average molecular weight is 489 g/mol. The maximum Gasteiger partial charge on any atom is 0.145 e. The SMILES string of the molecule is CNc1ncnc2c1ccn2[C@@H]1C[C@H](CNCCCNCCc2ccc3ccccc3c2)[C@@H](O)[C@H]1O. The number of hydrogen-bond donors (Lipinski definition) is 5. The van der Waals surface area contributed by atoms with E-state index in [-0.39, 0.29) is 12.0 Å². The van der Waals surface area contributed by atoms with E-state index in [0.717, 1.165) is 49.3 Å². The fourth-order valence-electron chi connectivity index (χ4n) is 5.39. The molecule has 4 aromatic rings. The molecule has 0 amide bonds. The molecule has 2 heterocycles. The van der Waals surface area contributed by atoms with E-state index >= 15 is 0 Å². The van der Waals surface area contributed by atoms with E-state index in [2.05, 4.69) is 68.4 Å². The van der Waals surface area contributed by atoms with Crippen molar-refractivity contribution in [3.05, 3.63) is 66.6 Å². The lowest BCUT2D eigenvalue weighted by molar-refractivity contribution is 0.00694. The van der Waals surface area contributed by atoms with Crippen molar-refractivity contribution in [2.75, 3.05) is 38.5 Å². The molecule has 1 aliphatic rings. The molecule has 8 nitrogen and oxygen atoms in total. The number of nitrogens with one attached hydrogen (secondary N) is 3. The largest absolute Gasteiger partial charge is 0.390 e. The topological polar surface area (TPSA) is 107 Å². The average Bonchev–Trinajstić information content (AvgIpc) is 3.46. The van der Waals surface area contributed by atoms with Crippen LogP contribution in [0.3, 0.4) is 0 Å².